The number of rotatable bonds is 14. The summed E-state index contributed by atoms with van der Waals surface area (Å²) in [6.45, 7) is 27.1. The van der Waals surface area contributed by atoms with E-state index in [1.54, 1.807) is 41.5 Å². The molecule has 0 aliphatic carbocycles. The van der Waals surface area contributed by atoms with E-state index in [9.17, 15) is 19.2 Å². The zero-order chi connectivity index (χ0) is 47.5. The van der Waals surface area contributed by atoms with Crippen LogP contribution in [0.5, 0.6) is 0 Å². The van der Waals surface area contributed by atoms with Gasteiger partial charge >= 0.3 is 24.1 Å². The molecule has 358 valence electrons. The number of ether oxygens (including phenoxy) is 8. The van der Waals surface area contributed by atoms with Crippen molar-refractivity contribution in [3.05, 3.63) is 83.9 Å². The van der Waals surface area contributed by atoms with Crippen LogP contribution in [0, 0.1) is 29.6 Å². The summed E-state index contributed by atoms with van der Waals surface area (Å²) < 4.78 is 45.8. The van der Waals surface area contributed by atoms with Gasteiger partial charge in [-0.15, -0.1) is 0 Å². The Balaban J connectivity index is 0.000000340. The van der Waals surface area contributed by atoms with Crippen LogP contribution in [0.3, 0.4) is 0 Å². The number of hydrogen-bond acceptors (Lipinski definition) is 12. The van der Waals surface area contributed by atoms with Crippen molar-refractivity contribution in [3.8, 4) is 0 Å². The van der Waals surface area contributed by atoms with Crippen LogP contribution >= 0.6 is 0 Å². The van der Waals surface area contributed by atoms with Crippen molar-refractivity contribution in [2.75, 3.05) is 52.9 Å². The second kappa shape index (κ2) is 26.5. The Hall–Kier alpha value is -4.50. The first-order chi connectivity index (χ1) is 30.1. The van der Waals surface area contributed by atoms with E-state index < -0.39 is 59.6 Å². The maximum absolute atomic E-state index is 12.8. The first-order valence-electron chi connectivity index (χ1n) is 22.5. The number of carbonyl (C=O) groups is 4. The normalized spacial score (nSPS) is 24.6. The summed E-state index contributed by atoms with van der Waals surface area (Å²) in [6, 6.07) is 18.4. The van der Waals surface area contributed by atoms with Crippen LogP contribution in [0.25, 0.3) is 0 Å². The first-order valence-corrected chi connectivity index (χ1v) is 22.5. The summed E-state index contributed by atoms with van der Waals surface area (Å²) in [5.41, 5.74) is 1.95. The molecular formula is C50H76N2O12. The van der Waals surface area contributed by atoms with Crippen LogP contribution in [0.4, 0.5) is 9.59 Å². The highest BCUT2D eigenvalue weighted by Gasteiger charge is 2.37. The van der Waals surface area contributed by atoms with E-state index in [0.29, 0.717) is 45.6 Å². The molecule has 0 bridgehead atoms. The van der Waals surface area contributed by atoms with Crippen LogP contribution in [0.2, 0.25) is 0 Å². The average Bonchev–Trinajstić information content (AvgIpc) is 3.26. The SMILES string of the molecule is C=C(C)COC[C@@H]1[C@@H](Cc2ccccc2)COC[C@H](NC(=O)OC(C)(C)C)C(=O)O[C@H]1C.CC(C)COC[C@@H]1[C@@H](Cc2ccccc2)COC[C@H](NC(=O)OC(C)(C)C)C(=O)O[C@H]1C. The molecule has 4 rings (SSSR count). The van der Waals surface area contributed by atoms with Crippen molar-refractivity contribution in [2.24, 2.45) is 29.6 Å². The van der Waals surface area contributed by atoms with E-state index in [1.807, 2.05) is 57.2 Å². The molecule has 64 heavy (non-hydrogen) atoms. The molecule has 14 heteroatoms. The summed E-state index contributed by atoms with van der Waals surface area (Å²) >= 11 is 0. The number of carbonyl (C=O) groups excluding carboxylic acids is 4. The third kappa shape index (κ3) is 21.0. The van der Waals surface area contributed by atoms with Crippen LogP contribution < -0.4 is 10.6 Å². The van der Waals surface area contributed by atoms with Crippen molar-refractivity contribution in [2.45, 2.75) is 124 Å². The fraction of sp³-hybridized carbons (Fsp3) is 0.640. The van der Waals surface area contributed by atoms with Crippen molar-refractivity contribution in [3.63, 3.8) is 0 Å². The highest BCUT2D eigenvalue weighted by molar-refractivity contribution is 5.82. The molecule has 8 atom stereocenters. The van der Waals surface area contributed by atoms with Crippen LogP contribution in [-0.2, 0) is 60.3 Å². The average molecular weight is 897 g/mol. The Morgan fingerprint density at radius 2 is 1.06 bits per heavy atom. The number of benzene rings is 2. The Labute approximate surface area is 381 Å². The van der Waals surface area contributed by atoms with Gasteiger partial charge in [-0.3, -0.25) is 0 Å². The molecule has 2 saturated heterocycles. The molecule has 2 heterocycles. The van der Waals surface area contributed by atoms with Crippen LogP contribution in [0.15, 0.2) is 72.8 Å². The fourth-order valence-corrected chi connectivity index (χ4v) is 7.24. The zero-order valence-electron chi connectivity index (χ0n) is 40.1. The van der Waals surface area contributed by atoms with Crippen molar-refractivity contribution < 1.29 is 57.1 Å². The van der Waals surface area contributed by atoms with Crippen molar-refractivity contribution >= 4 is 24.1 Å². The maximum atomic E-state index is 12.8. The predicted molar refractivity (Wildman–Crippen MR) is 245 cm³/mol. The highest BCUT2D eigenvalue weighted by atomic mass is 16.6. The molecular weight excluding hydrogens is 821 g/mol. The van der Waals surface area contributed by atoms with Gasteiger partial charge in [0.15, 0.2) is 12.1 Å². The topological polar surface area (TPSA) is 166 Å². The Morgan fingerprint density at radius 1 is 0.672 bits per heavy atom. The molecule has 2 aromatic rings. The lowest BCUT2D eigenvalue weighted by Gasteiger charge is -2.31. The van der Waals surface area contributed by atoms with Crippen LogP contribution in [-0.4, -0.2) is 112 Å². The van der Waals surface area contributed by atoms with E-state index in [-0.39, 0.29) is 36.9 Å². The Bertz CT molecular complexity index is 1730. The molecule has 14 nitrogen and oxygen atoms in total. The number of alkyl carbamates (subject to hydrolysis) is 2. The van der Waals surface area contributed by atoms with E-state index >= 15 is 0 Å². The van der Waals surface area contributed by atoms with Gasteiger partial charge in [0.25, 0.3) is 0 Å². The Morgan fingerprint density at radius 3 is 1.42 bits per heavy atom. The Kier molecular flexibility index (Phi) is 22.3. The van der Waals surface area contributed by atoms with E-state index in [0.717, 1.165) is 18.4 Å². The summed E-state index contributed by atoms with van der Waals surface area (Å²) in [4.78, 5) is 50.0. The van der Waals surface area contributed by atoms with Gasteiger partial charge in [-0.2, -0.15) is 0 Å². The van der Waals surface area contributed by atoms with Gasteiger partial charge in [0, 0.05) is 18.4 Å². The monoisotopic (exact) mass is 897 g/mol. The summed E-state index contributed by atoms with van der Waals surface area (Å²) in [5.74, 6) is -0.642. The van der Waals surface area contributed by atoms with Gasteiger partial charge in [-0.25, -0.2) is 19.2 Å². The highest BCUT2D eigenvalue weighted by Crippen LogP contribution is 2.28. The molecule has 2 aliphatic heterocycles. The van der Waals surface area contributed by atoms with Gasteiger partial charge in [-0.1, -0.05) is 86.7 Å². The second-order valence-electron chi connectivity index (χ2n) is 19.4. The van der Waals surface area contributed by atoms with Gasteiger partial charge in [0.05, 0.1) is 46.2 Å². The molecule has 2 aromatic carbocycles. The number of esters is 2. The van der Waals surface area contributed by atoms with Gasteiger partial charge in [0.2, 0.25) is 0 Å². The largest absolute Gasteiger partial charge is 0.461 e. The molecule has 0 radical (unpaired) electrons. The lowest BCUT2D eigenvalue weighted by Crippen LogP contribution is -2.47. The second-order valence-corrected chi connectivity index (χ2v) is 19.4. The summed E-state index contributed by atoms with van der Waals surface area (Å²) in [5, 5.41) is 5.16. The maximum Gasteiger partial charge on any atom is 0.408 e. The number of hydrogen-bond donors (Lipinski definition) is 2. The van der Waals surface area contributed by atoms with E-state index in [4.69, 9.17) is 37.9 Å². The standard InChI is InChI=1S/C25H39NO6.C25H37NO6/c2*1-17(2)13-29-15-21-18(3)31-23(27)22(26-24(28)32-25(4,5)6)16-30-14-20(21)12-19-10-8-7-9-11-19/h7-11,17-18,20-22H,12-16H2,1-6H3,(H,26,28);7-11,18,20-22H,1,12-16H2,2-6H3,(H,26,28)/t2*18-,20-,21-,22-/m00/s1. The molecule has 2 fully saturated rings. The van der Waals surface area contributed by atoms with Crippen LogP contribution in [0.1, 0.15) is 87.3 Å². The third-order valence-corrected chi connectivity index (χ3v) is 10.3. The molecule has 0 unspecified atom stereocenters. The third-order valence-electron chi connectivity index (χ3n) is 10.3. The van der Waals surface area contributed by atoms with Crippen molar-refractivity contribution in [1.29, 1.82) is 0 Å². The van der Waals surface area contributed by atoms with Gasteiger partial charge in [0.1, 0.15) is 23.4 Å². The lowest BCUT2D eigenvalue weighted by molar-refractivity contribution is -0.156. The molecule has 2 N–H and O–H groups in total. The number of amides is 2. The van der Waals surface area contributed by atoms with E-state index in [1.165, 1.54) is 11.1 Å². The minimum Gasteiger partial charge on any atom is -0.461 e. The number of cyclic esters (lactones) is 2. The zero-order valence-corrected chi connectivity index (χ0v) is 40.1. The number of nitrogens with one attached hydrogen (secondary N) is 2. The first kappa shape index (κ1) is 53.8. The fourth-order valence-electron chi connectivity index (χ4n) is 7.24. The molecule has 2 amide bonds. The lowest BCUT2D eigenvalue weighted by atomic mass is 9.84. The van der Waals surface area contributed by atoms with Gasteiger partial charge in [-0.05, 0) is 104 Å². The minimum absolute atomic E-state index is 0.00935. The minimum atomic E-state index is -0.945. The molecule has 0 saturated carbocycles. The molecule has 2 aliphatic rings. The predicted octanol–water partition coefficient (Wildman–Crippen LogP) is 7.90. The molecule has 0 spiro atoms. The summed E-state index contributed by atoms with van der Waals surface area (Å²) in [7, 11) is 0. The van der Waals surface area contributed by atoms with Gasteiger partial charge < -0.3 is 48.5 Å². The van der Waals surface area contributed by atoms with E-state index in [2.05, 4.69) is 55.3 Å². The quantitative estimate of drug-likeness (QED) is 0.107. The summed E-state index contributed by atoms with van der Waals surface area (Å²) in [6.07, 6.45) is -0.639. The smallest absolute Gasteiger partial charge is 0.408 e. The molecule has 0 aromatic heterocycles. The van der Waals surface area contributed by atoms with Crippen molar-refractivity contribution in [1.82, 2.24) is 10.6 Å².